The van der Waals surface area contributed by atoms with E-state index in [1.807, 2.05) is 13.8 Å². The minimum Gasteiger partial charge on any atom is -0.455 e. The van der Waals surface area contributed by atoms with Crippen molar-refractivity contribution < 1.29 is 23.6 Å². The summed E-state index contributed by atoms with van der Waals surface area (Å²) in [4.78, 5) is 37.6. The first-order valence-electron chi connectivity index (χ1n) is 8.64. The number of amides is 2. The van der Waals surface area contributed by atoms with Gasteiger partial charge in [0.05, 0.1) is 11.5 Å². The first-order valence-corrected chi connectivity index (χ1v) is 9.80. The van der Waals surface area contributed by atoms with Crippen LogP contribution in [0.4, 0.5) is 5.82 Å². The monoisotopic (exact) mass is 383 g/mol. The molecular weight excluding hydrogens is 358 g/mol. The summed E-state index contributed by atoms with van der Waals surface area (Å²) in [5, 5.41) is 6.22. The molecule has 2 heterocycles. The summed E-state index contributed by atoms with van der Waals surface area (Å²) in [6, 6.07) is 1.94. The lowest BCUT2D eigenvalue weighted by Crippen LogP contribution is -2.49. The van der Waals surface area contributed by atoms with Gasteiger partial charge < -0.3 is 19.5 Å². The molecule has 0 aliphatic carbocycles. The number of hydrogen-bond acceptors (Lipinski definition) is 7. The molecule has 0 saturated carbocycles. The number of aromatic nitrogens is 1. The number of anilines is 1. The average Bonchev–Trinajstić information content (AvgIpc) is 2.97. The molecule has 9 heteroatoms. The van der Waals surface area contributed by atoms with Gasteiger partial charge in [0.15, 0.2) is 12.4 Å². The van der Waals surface area contributed by atoms with E-state index in [2.05, 4.69) is 10.5 Å². The van der Waals surface area contributed by atoms with Crippen LogP contribution in [0.15, 0.2) is 10.6 Å². The number of thioether (sulfide) groups is 1. The van der Waals surface area contributed by atoms with E-state index in [9.17, 15) is 14.4 Å². The summed E-state index contributed by atoms with van der Waals surface area (Å²) in [6.45, 7) is 5.50. The van der Waals surface area contributed by atoms with Crippen molar-refractivity contribution in [2.24, 2.45) is 0 Å². The molecule has 1 aliphatic rings. The quantitative estimate of drug-likeness (QED) is 0.718. The van der Waals surface area contributed by atoms with Crippen molar-refractivity contribution in [3.8, 4) is 0 Å². The third-order valence-electron chi connectivity index (χ3n) is 4.19. The summed E-state index contributed by atoms with van der Waals surface area (Å²) in [6.07, 6.45) is 3.05. The molecule has 1 aromatic rings. The standard InChI is InChI=1S/C17H25N3O5S/c1-11-5-4-6-12(2)20(11)16(22)8-24-17(23)10-26-9-15(21)18-14-7-13(3)25-19-14/h7,11-12H,4-6,8-10H2,1-3H3,(H,18,19,21)/t11-,12-/m1/s1. The molecule has 2 rings (SSSR count). The van der Waals surface area contributed by atoms with E-state index in [0.29, 0.717) is 11.6 Å². The minimum absolute atomic E-state index is 0.00362. The highest BCUT2D eigenvalue weighted by Gasteiger charge is 2.29. The van der Waals surface area contributed by atoms with Gasteiger partial charge in [-0.1, -0.05) is 5.16 Å². The van der Waals surface area contributed by atoms with E-state index < -0.39 is 5.97 Å². The first kappa shape index (κ1) is 20.3. The second kappa shape index (κ2) is 9.61. The Bertz CT molecular complexity index is 638. The zero-order valence-corrected chi connectivity index (χ0v) is 16.1. The smallest absolute Gasteiger partial charge is 0.316 e. The molecule has 2 atom stereocenters. The third-order valence-corrected chi connectivity index (χ3v) is 5.09. The van der Waals surface area contributed by atoms with Crippen LogP contribution in [0.25, 0.3) is 0 Å². The largest absolute Gasteiger partial charge is 0.455 e. The Labute approximate surface area is 157 Å². The van der Waals surface area contributed by atoms with Crippen molar-refractivity contribution >= 4 is 35.4 Å². The molecule has 2 amide bonds. The van der Waals surface area contributed by atoms with Gasteiger partial charge in [-0.25, -0.2) is 0 Å². The van der Waals surface area contributed by atoms with Crippen LogP contribution >= 0.6 is 11.8 Å². The topological polar surface area (TPSA) is 102 Å². The Hall–Kier alpha value is -2.03. The fourth-order valence-electron chi connectivity index (χ4n) is 3.00. The molecule has 0 aromatic carbocycles. The highest BCUT2D eigenvalue weighted by Crippen LogP contribution is 2.22. The van der Waals surface area contributed by atoms with E-state index in [4.69, 9.17) is 9.26 Å². The van der Waals surface area contributed by atoms with Gasteiger partial charge in [-0.3, -0.25) is 14.4 Å². The molecule has 1 aliphatic heterocycles. The number of likely N-dealkylation sites (tertiary alicyclic amines) is 1. The minimum atomic E-state index is -0.509. The zero-order valence-electron chi connectivity index (χ0n) is 15.3. The lowest BCUT2D eigenvalue weighted by molar-refractivity contribution is -0.153. The van der Waals surface area contributed by atoms with Gasteiger partial charge in [0.2, 0.25) is 5.91 Å². The van der Waals surface area contributed by atoms with Crippen molar-refractivity contribution in [1.29, 1.82) is 0 Å². The Morgan fingerprint density at radius 3 is 2.62 bits per heavy atom. The van der Waals surface area contributed by atoms with Gasteiger partial charge in [-0.2, -0.15) is 0 Å². The van der Waals surface area contributed by atoms with Crippen molar-refractivity contribution in [2.75, 3.05) is 23.4 Å². The van der Waals surface area contributed by atoms with Crippen LogP contribution in [0.1, 0.15) is 38.9 Å². The lowest BCUT2D eigenvalue weighted by atomic mass is 9.97. The van der Waals surface area contributed by atoms with Gasteiger partial charge in [-0.15, -0.1) is 11.8 Å². The molecule has 0 unspecified atom stereocenters. The second-order valence-corrected chi connectivity index (χ2v) is 7.44. The van der Waals surface area contributed by atoms with Crippen LogP contribution in [0.5, 0.6) is 0 Å². The number of ether oxygens (including phenoxy) is 1. The van der Waals surface area contributed by atoms with Crippen LogP contribution in [-0.2, 0) is 19.1 Å². The van der Waals surface area contributed by atoms with Crippen LogP contribution in [0.3, 0.4) is 0 Å². The highest BCUT2D eigenvalue weighted by atomic mass is 32.2. The number of carbonyl (C=O) groups excluding carboxylic acids is 3. The predicted octanol–water partition coefficient (Wildman–Crippen LogP) is 1.99. The molecule has 1 saturated heterocycles. The van der Waals surface area contributed by atoms with Gasteiger partial charge in [0.1, 0.15) is 5.76 Å². The number of rotatable bonds is 7. The zero-order chi connectivity index (χ0) is 19.1. The highest BCUT2D eigenvalue weighted by molar-refractivity contribution is 8.00. The summed E-state index contributed by atoms with van der Waals surface area (Å²) < 4.78 is 9.89. The SMILES string of the molecule is Cc1cc(NC(=O)CSCC(=O)OCC(=O)N2[C@H](C)CCC[C@H]2C)no1. The number of piperidine rings is 1. The third kappa shape index (κ3) is 6.05. The molecule has 1 aromatic heterocycles. The van der Waals surface area contributed by atoms with E-state index in [1.165, 1.54) is 0 Å². The second-order valence-electron chi connectivity index (χ2n) is 6.45. The van der Waals surface area contributed by atoms with E-state index in [0.717, 1.165) is 31.0 Å². The van der Waals surface area contributed by atoms with Gasteiger partial charge in [-0.05, 0) is 40.0 Å². The Morgan fingerprint density at radius 1 is 1.31 bits per heavy atom. The Kier molecular flexibility index (Phi) is 7.50. The number of nitrogens with one attached hydrogen (secondary N) is 1. The molecule has 0 spiro atoms. The van der Waals surface area contributed by atoms with Gasteiger partial charge in [0.25, 0.3) is 5.91 Å². The molecule has 144 valence electrons. The fourth-order valence-corrected chi connectivity index (χ4v) is 3.61. The predicted molar refractivity (Wildman–Crippen MR) is 97.8 cm³/mol. The van der Waals surface area contributed by atoms with Crippen LogP contribution in [0, 0.1) is 6.92 Å². The maximum absolute atomic E-state index is 12.3. The van der Waals surface area contributed by atoms with Crippen LogP contribution in [0.2, 0.25) is 0 Å². The molecule has 1 fully saturated rings. The van der Waals surface area contributed by atoms with Gasteiger partial charge >= 0.3 is 5.97 Å². The Balaban J connectivity index is 1.64. The van der Waals surface area contributed by atoms with E-state index in [-0.39, 0.29) is 42.0 Å². The van der Waals surface area contributed by atoms with Gasteiger partial charge in [0, 0.05) is 18.2 Å². The summed E-state index contributed by atoms with van der Waals surface area (Å²) >= 11 is 1.11. The van der Waals surface area contributed by atoms with Crippen molar-refractivity contribution in [2.45, 2.75) is 52.1 Å². The maximum Gasteiger partial charge on any atom is 0.316 e. The normalized spacial score (nSPS) is 19.9. The van der Waals surface area contributed by atoms with Crippen LogP contribution in [-0.4, -0.2) is 58.0 Å². The summed E-state index contributed by atoms with van der Waals surface area (Å²) in [7, 11) is 0. The van der Waals surface area contributed by atoms with Crippen molar-refractivity contribution in [3.63, 3.8) is 0 Å². The van der Waals surface area contributed by atoms with E-state index in [1.54, 1.807) is 17.9 Å². The fraction of sp³-hybridized carbons (Fsp3) is 0.647. The summed E-state index contributed by atoms with van der Waals surface area (Å²) in [5.41, 5.74) is 0. The van der Waals surface area contributed by atoms with E-state index >= 15 is 0 Å². The average molecular weight is 383 g/mol. The molecule has 26 heavy (non-hydrogen) atoms. The number of aryl methyl sites for hydroxylation is 1. The van der Waals surface area contributed by atoms with Crippen LogP contribution < -0.4 is 5.32 Å². The molecule has 0 radical (unpaired) electrons. The molecule has 0 bridgehead atoms. The number of hydrogen-bond donors (Lipinski definition) is 1. The number of esters is 1. The number of nitrogens with zero attached hydrogens (tertiary/aromatic N) is 2. The van der Waals surface area contributed by atoms with Crippen molar-refractivity contribution in [1.82, 2.24) is 10.1 Å². The Morgan fingerprint density at radius 2 is 2.00 bits per heavy atom. The molecular formula is C17H25N3O5S. The first-order chi connectivity index (χ1) is 12.4. The molecule has 8 nitrogen and oxygen atoms in total. The summed E-state index contributed by atoms with van der Waals surface area (Å²) in [5.74, 6) is 0.0550. The lowest BCUT2D eigenvalue weighted by Gasteiger charge is -2.38. The number of carbonyl (C=O) groups is 3. The molecule has 1 N–H and O–H groups in total. The van der Waals surface area contributed by atoms with Crippen molar-refractivity contribution in [3.05, 3.63) is 11.8 Å². The maximum atomic E-state index is 12.3.